The molecule has 0 amide bonds. The second-order valence-corrected chi connectivity index (χ2v) is 6.86. The molecule has 0 aromatic heterocycles. The van der Waals surface area contributed by atoms with Gasteiger partial charge in [0, 0.05) is 0 Å². The van der Waals surface area contributed by atoms with Crippen LogP contribution in [0.4, 0.5) is 22.0 Å². The van der Waals surface area contributed by atoms with E-state index >= 15 is 0 Å². The Morgan fingerprint density at radius 1 is 0.917 bits per heavy atom. The number of ether oxygens (including phenoxy) is 1. The number of carbonyl (C=O) groups is 1. The van der Waals surface area contributed by atoms with Gasteiger partial charge in [0.25, 0.3) is 0 Å². The van der Waals surface area contributed by atoms with Crippen LogP contribution < -0.4 is 0 Å². The third-order valence-corrected chi connectivity index (χ3v) is 5.04. The average molecular weight is 368 g/mol. The van der Waals surface area contributed by atoms with Crippen molar-refractivity contribution in [3.8, 4) is 0 Å². The van der Waals surface area contributed by atoms with E-state index in [9.17, 15) is 26.7 Å². The van der Waals surface area contributed by atoms with Gasteiger partial charge >= 0.3 is 5.97 Å². The first-order valence-corrected chi connectivity index (χ1v) is 8.85. The molecule has 0 unspecified atom stereocenters. The summed E-state index contributed by atoms with van der Waals surface area (Å²) in [6, 6.07) is 0. The maximum Gasteiger partial charge on any atom is 0.344 e. The first-order valence-electron chi connectivity index (χ1n) is 7.69. The number of rotatable bonds is 6. The molecule has 0 bridgehead atoms. The van der Waals surface area contributed by atoms with Crippen molar-refractivity contribution in [1.82, 2.24) is 0 Å². The van der Waals surface area contributed by atoms with E-state index in [1.54, 1.807) is 0 Å². The Hall–Kier alpha value is -1.31. The van der Waals surface area contributed by atoms with Crippen molar-refractivity contribution >= 4 is 17.7 Å². The number of hydrogen-bond acceptors (Lipinski definition) is 3. The van der Waals surface area contributed by atoms with Crippen LogP contribution >= 0.6 is 11.8 Å². The minimum Gasteiger partial charge on any atom is -0.462 e. The Bertz CT molecular complexity index is 574. The maximum absolute atomic E-state index is 13.4. The summed E-state index contributed by atoms with van der Waals surface area (Å²) in [6.45, 7) is -0.125. The Labute approximate surface area is 140 Å². The van der Waals surface area contributed by atoms with Crippen LogP contribution in [0.15, 0.2) is 0 Å². The lowest BCUT2D eigenvalue weighted by Crippen LogP contribution is -2.16. The van der Waals surface area contributed by atoms with Crippen molar-refractivity contribution in [2.75, 3.05) is 18.1 Å². The highest BCUT2D eigenvalue weighted by Gasteiger charge is 2.30. The van der Waals surface area contributed by atoms with Gasteiger partial charge in [0.05, 0.1) is 6.61 Å². The lowest BCUT2D eigenvalue weighted by Gasteiger charge is -2.20. The molecule has 8 heteroatoms. The molecule has 1 saturated heterocycles. The topological polar surface area (TPSA) is 26.3 Å². The van der Waals surface area contributed by atoms with Crippen LogP contribution in [0, 0.1) is 35.0 Å². The van der Waals surface area contributed by atoms with Crippen LogP contribution in [0.1, 0.15) is 42.5 Å². The highest BCUT2D eigenvalue weighted by atomic mass is 32.2. The molecule has 2 rings (SSSR count). The lowest BCUT2D eigenvalue weighted by atomic mass is 9.96. The van der Waals surface area contributed by atoms with Gasteiger partial charge in [0.15, 0.2) is 23.3 Å². The summed E-state index contributed by atoms with van der Waals surface area (Å²) < 4.78 is 70.5. The van der Waals surface area contributed by atoms with Gasteiger partial charge in [0.1, 0.15) is 5.56 Å². The molecule has 0 atom stereocenters. The standard InChI is InChI=1S/C16H17F5O2S/c17-11-10(12(18)14(20)15(21)13(11)19)16(22)23-6-2-1-3-9-4-7-24-8-5-9/h9H,1-8H2. The predicted octanol–water partition coefficient (Wildman–Crippen LogP) is 4.85. The number of carbonyl (C=O) groups excluding carboxylic acids is 1. The van der Waals surface area contributed by atoms with E-state index in [1.165, 1.54) is 0 Å². The SMILES string of the molecule is O=C(OCCCCC1CCSCC1)c1c(F)c(F)c(F)c(F)c1F. The van der Waals surface area contributed by atoms with Crippen molar-refractivity contribution in [3.05, 3.63) is 34.6 Å². The second-order valence-electron chi connectivity index (χ2n) is 5.63. The molecule has 1 aromatic rings. The molecule has 0 aliphatic carbocycles. The first kappa shape index (κ1) is 19.0. The molecule has 1 heterocycles. The lowest BCUT2D eigenvalue weighted by molar-refractivity contribution is 0.0481. The third-order valence-electron chi connectivity index (χ3n) is 3.99. The Kier molecular flexibility index (Phi) is 6.89. The normalized spacial score (nSPS) is 15.5. The summed E-state index contributed by atoms with van der Waals surface area (Å²) in [5.74, 6) is -9.58. The molecule has 24 heavy (non-hydrogen) atoms. The Morgan fingerprint density at radius 2 is 1.46 bits per heavy atom. The highest BCUT2D eigenvalue weighted by Crippen LogP contribution is 2.27. The molecule has 1 aliphatic heterocycles. The van der Waals surface area contributed by atoms with Gasteiger partial charge in [-0.25, -0.2) is 26.7 Å². The summed E-state index contributed by atoms with van der Waals surface area (Å²) in [5.41, 5.74) is -1.55. The number of halogens is 5. The van der Waals surface area contributed by atoms with E-state index in [4.69, 9.17) is 0 Å². The molecule has 1 fully saturated rings. The van der Waals surface area contributed by atoms with Crippen molar-refractivity contribution in [2.24, 2.45) is 5.92 Å². The first-order chi connectivity index (χ1) is 11.4. The Morgan fingerprint density at radius 3 is 2.04 bits per heavy atom. The minimum atomic E-state index is -2.30. The fourth-order valence-corrected chi connectivity index (χ4v) is 3.80. The van der Waals surface area contributed by atoms with Gasteiger partial charge < -0.3 is 4.74 Å². The van der Waals surface area contributed by atoms with Crippen LogP contribution in [0.5, 0.6) is 0 Å². The van der Waals surface area contributed by atoms with Crippen molar-refractivity contribution in [3.63, 3.8) is 0 Å². The molecular formula is C16H17F5O2S. The molecule has 1 aliphatic rings. The van der Waals surface area contributed by atoms with Gasteiger partial charge in [0.2, 0.25) is 5.82 Å². The molecule has 2 nitrogen and oxygen atoms in total. The van der Waals surface area contributed by atoms with Gasteiger partial charge in [-0.2, -0.15) is 11.8 Å². The molecule has 0 N–H and O–H groups in total. The molecule has 0 radical (unpaired) electrons. The minimum absolute atomic E-state index is 0.125. The largest absolute Gasteiger partial charge is 0.462 e. The average Bonchev–Trinajstić information content (AvgIpc) is 2.59. The summed E-state index contributed by atoms with van der Waals surface area (Å²) in [4.78, 5) is 11.6. The summed E-state index contributed by atoms with van der Waals surface area (Å²) in [7, 11) is 0. The molecular weight excluding hydrogens is 351 g/mol. The van der Waals surface area contributed by atoms with E-state index in [-0.39, 0.29) is 6.61 Å². The summed E-state index contributed by atoms with van der Waals surface area (Å²) in [6.07, 6.45) is 4.52. The van der Waals surface area contributed by atoms with E-state index in [0.29, 0.717) is 12.3 Å². The molecule has 134 valence electrons. The van der Waals surface area contributed by atoms with Crippen LogP contribution in [0.2, 0.25) is 0 Å². The highest BCUT2D eigenvalue weighted by molar-refractivity contribution is 7.99. The quantitative estimate of drug-likeness (QED) is 0.236. The van der Waals surface area contributed by atoms with Crippen LogP contribution in [0.3, 0.4) is 0 Å². The summed E-state index contributed by atoms with van der Waals surface area (Å²) in [5, 5.41) is 0. The fourth-order valence-electron chi connectivity index (χ4n) is 2.59. The number of hydrogen-bond donors (Lipinski definition) is 0. The van der Waals surface area contributed by atoms with E-state index < -0.39 is 40.6 Å². The van der Waals surface area contributed by atoms with Gasteiger partial charge in [-0.15, -0.1) is 0 Å². The van der Waals surface area contributed by atoms with Crippen molar-refractivity contribution < 1.29 is 31.5 Å². The smallest absolute Gasteiger partial charge is 0.344 e. The number of thioether (sulfide) groups is 1. The van der Waals surface area contributed by atoms with Crippen LogP contribution in [0.25, 0.3) is 0 Å². The monoisotopic (exact) mass is 368 g/mol. The van der Waals surface area contributed by atoms with Gasteiger partial charge in [-0.1, -0.05) is 6.42 Å². The number of unbranched alkanes of at least 4 members (excludes halogenated alkanes) is 1. The molecule has 0 saturated carbocycles. The van der Waals surface area contributed by atoms with Gasteiger partial charge in [-0.05, 0) is 43.1 Å². The summed E-state index contributed by atoms with van der Waals surface area (Å²) >= 11 is 1.92. The van der Waals surface area contributed by atoms with Crippen molar-refractivity contribution in [1.29, 1.82) is 0 Å². The predicted molar refractivity (Wildman–Crippen MR) is 80.4 cm³/mol. The van der Waals surface area contributed by atoms with Crippen LogP contribution in [-0.2, 0) is 4.74 Å². The second kappa shape index (κ2) is 8.69. The van der Waals surface area contributed by atoms with E-state index in [0.717, 1.165) is 37.2 Å². The van der Waals surface area contributed by atoms with Gasteiger partial charge in [-0.3, -0.25) is 0 Å². The zero-order valence-corrected chi connectivity index (χ0v) is 13.7. The van der Waals surface area contributed by atoms with Crippen LogP contribution in [-0.4, -0.2) is 24.1 Å². The number of benzene rings is 1. The zero-order valence-electron chi connectivity index (χ0n) is 12.8. The molecule has 0 spiro atoms. The van der Waals surface area contributed by atoms with E-state index in [2.05, 4.69) is 4.74 Å². The van der Waals surface area contributed by atoms with E-state index in [1.807, 2.05) is 11.8 Å². The zero-order chi connectivity index (χ0) is 17.7. The third kappa shape index (κ3) is 4.40. The van der Waals surface area contributed by atoms with Crippen molar-refractivity contribution in [2.45, 2.75) is 32.1 Å². The maximum atomic E-state index is 13.4. The fraction of sp³-hybridized carbons (Fsp3) is 0.562. The molecule has 1 aromatic carbocycles. The number of esters is 1. The Balaban J connectivity index is 1.84.